The van der Waals surface area contributed by atoms with Crippen molar-refractivity contribution in [2.24, 2.45) is 5.73 Å². The number of nitrogens with zero attached hydrogens (tertiary/aromatic N) is 1. The maximum Gasteiger partial charge on any atom is 0.162 e. The van der Waals surface area contributed by atoms with Gasteiger partial charge in [-0.2, -0.15) is 0 Å². The summed E-state index contributed by atoms with van der Waals surface area (Å²) in [4.78, 5) is 4.20. The molecule has 1 aliphatic heterocycles. The predicted molar refractivity (Wildman–Crippen MR) is 66.7 cm³/mol. The quantitative estimate of drug-likeness (QED) is 0.826. The molecule has 0 saturated carbocycles. The van der Waals surface area contributed by atoms with Crippen LogP contribution < -0.4 is 15.2 Å². The summed E-state index contributed by atoms with van der Waals surface area (Å²) < 4.78 is 11.1. The van der Waals surface area contributed by atoms with E-state index in [0.29, 0.717) is 24.7 Å². The maximum absolute atomic E-state index is 9.87. The average Bonchev–Trinajstić information content (AvgIpc) is 2.43. The molecule has 2 heterocycles. The van der Waals surface area contributed by atoms with E-state index >= 15 is 0 Å². The Bertz CT molecular complexity index is 586. The van der Waals surface area contributed by atoms with Crippen molar-refractivity contribution in [3.05, 3.63) is 30.1 Å². The molecule has 0 amide bonds. The van der Waals surface area contributed by atoms with Crippen molar-refractivity contribution in [2.75, 3.05) is 19.8 Å². The highest BCUT2D eigenvalue weighted by molar-refractivity contribution is 5.88. The van der Waals surface area contributed by atoms with E-state index in [2.05, 4.69) is 4.98 Å². The molecular weight excluding hydrogens is 232 g/mol. The van der Waals surface area contributed by atoms with E-state index in [4.69, 9.17) is 15.2 Å². The number of aliphatic hydroxyl groups excluding tert-OH is 1. The molecule has 0 radical (unpaired) electrons. The first-order chi connectivity index (χ1) is 8.79. The van der Waals surface area contributed by atoms with Gasteiger partial charge in [0.15, 0.2) is 11.5 Å². The summed E-state index contributed by atoms with van der Waals surface area (Å²) in [6.07, 6.45) is 0.892. The van der Waals surface area contributed by atoms with Gasteiger partial charge in [0.2, 0.25) is 0 Å². The van der Waals surface area contributed by atoms with Crippen molar-refractivity contribution in [1.29, 1.82) is 0 Å². The number of rotatable bonds is 2. The number of ether oxygens (including phenoxy) is 2. The summed E-state index contributed by atoms with van der Waals surface area (Å²) in [7, 11) is 0. The van der Waals surface area contributed by atoms with Crippen LogP contribution in [0, 0.1) is 0 Å². The van der Waals surface area contributed by atoms with Gasteiger partial charge in [-0.25, -0.2) is 0 Å². The maximum atomic E-state index is 9.87. The lowest BCUT2D eigenvalue weighted by atomic mass is 10.1. The number of aromatic nitrogens is 1. The lowest BCUT2D eigenvalue weighted by molar-refractivity contribution is 0.171. The molecule has 2 aromatic rings. The largest absolute Gasteiger partial charge is 0.486 e. The minimum absolute atomic E-state index is 0.139. The minimum atomic E-state index is -0.767. The molecule has 0 aliphatic carbocycles. The SMILES string of the molecule is NCC(O)c1nccc2cc3c(cc12)OCCO3. The topological polar surface area (TPSA) is 77.6 Å². The smallest absolute Gasteiger partial charge is 0.162 e. The Kier molecular flexibility index (Phi) is 2.77. The summed E-state index contributed by atoms with van der Waals surface area (Å²) in [5, 5.41) is 11.7. The zero-order chi connectivity index (χ0) is 12.5. The molecular formula is C13H14N2O3. The fraction of sp³-hybridized carbons (Fsp3) is 0.308. The molecule has 1 aromatic heterocycles. The highest BCUT2D eigenvalue weighted by Crippen LogP contribution is 2.36. The molecule has 3 N–H and O–H groups in total. The number of fused-ring (bicyclic) bond motifs is 2. The molecule has 5 heteroatoms. The first kappa shape index (κ1) is 11.3. The lowest BCUT2D eigenvalue weighted by Crippen LogP contribution is -2.16. The van der Waals surface area contributed by atoms with Crippen molar-refractivity contribution in [3.63, 3.8) is 0 Å². The molecule has 0 fully saturated rings. The van der Waals surface area contributed by atoms with Crippen molar-refractivity contribution >= 4 is 10.8 Å². The van der Waals surface area contributed by atoms with Crippen LogP contribution >= 0.6 is 0 Å². The Morgan fingerprint density at radius 2 is 2.00 bits per heavy atom. The Hall–Kier alpha value is -1.85. The Morgan fingerprint density at radius 3 is 2.72 bits per heavy atom. The summed E-state index contributed by atoms with van der Waals surface area (Å²) in [5.41, 5.74) is 6.06. The number of aliphatic hydroxyl groups is 1. The van der Waals surface area contributed by atoms with Crippen molar-refractivity contribution in [1.82, 2.24) is 4.98 Å². The van der Waals surface area contributed by atoms with Crippen LogP contribution in [-0.4, -0.2) is 29.8 Å². The molecule has 0 bridgehead atoms. The van der Waals surface area contributed by atoms with Gasteiger partial charge < -0.3 is 20.3 Å². The van der Waals surface area contributed by atoms with E-state index in [1.54, 1.807) is 6.20 Å². The van der Waals surface area contributed by atoms with Crippen molar-refractivity contribution in [2.45, 2.75) is 6.10 Å². The van der Waals surface area contributed by atoms with Crippen LogP contribution in [0.2, 0.25) is 0 Å². The third kappa shape index (κ3) is 1.77. The highest BCUT2D eigenvalue weighted by atomic mass is 16.6. The van der Waals surface area contributed by atoms with E-state index in [1.165, 1.54) is 0 Å². The first-order valence-corrected chi connectivity index (χ1v) is 5.86. The molecule has 5 nitrogen and oxygen atoms in total. The molecule has 0 spiro atoms. The number of hydrogen-bond donors (Lipinski definition) is 2. The van der Waals surface area contributed by atoms with E-state index in [1.807, 2.05) is 18.2 Å². The van der Waals surface area contributed by atoms with Crippen LogP contribution in [0.5, 0.6) is 11.5 Å². The van der Waals surface area contributed by atoms with Crippen molar-refractivity contribution in [3.8, 4) is 11.5 Å². The first-order valence-electron chi connectivity index (χ1n) is 5.86. The van der Waals surface area contributed by atoms with Gasteiger partial charge >= 0.3 is 0 Å². The summed E-state index contributed by atoms with van der Waals surface area (Å²) in [5.74, 6) is 1.42. The van der Waals surface area contributed by atoms with Crippen molar-refractivity contribution < 1.29 is 14.6 Å². The van der Waals surface area contributed by atoms with E-state index in [9.17, 15) is 5.11 Å². The number of nitrogens with two attached hydrogens (primary N) is 1. The Balaban J connectivity index is 2.21. The van der Waals surface area contributed by atoms with Gasteiger partial charge in [0.05, 0.1) is 5.69 Å². The second kappa shape index (κ2) is 4.44. The molecule has 0 saturated heterocycles. The van der Waals surface area contributed by atoms with Crippen LogP contribution in [0.4, 0.5) is 0 Å². The molecule has 1 atom stereocenters. The highest BCUT2D eigenvalue weighted by Gasteiger charge is 2.17. The van der Waals surface area contributed by atoms with E-state index in [0.717, 1.165) is 16.5 Å². The Morgan fingerprint density at radius 1 is 1.28 bits per heavy atom. The average molecular weight is 246 g/mol. The standard InChI is InChI=1S/C13H14N2O3/c14-7-10(16)13-9-6-12-11(17-3-4-18-12)5-8(9)1-2-15-13/h1-2,5-6,10,16H,3-4,7,14H2. The van der Waals surface area contributed by atoms with Gasteiger partial charge in [-0.15, -0.1) is 0 Å². The number of pyridine rings is 1. The Labute approximate surface area is 104 Å². The van der Waals surface area contributed by atoms with Gasteiger partial charge in [0.1, 0.15) is 19.3 Å². The monoisotopic (exact) mass is 246 g/mol. The third-order valence-electron chi connectivity index (χ3n) is 3.00. The minimum Gasteiger partial charge on any atom is -0.486 e. The normalized spacial score (nSPS) is 15.7. The van der Waals surface area contributed by atoms with Gasteiger partial charge in [-0.1, -0.05) is 0 Å². The predicted octanol–water partition coefficient (Wildman–Crippen LogP) is 0.998. The summed E-state index contributed by atoms with van der Waals surface area (Å²) >= 11 is 0. The molecule has 94 valence electrons. The molecule has 1 aromatic carbocycles. The summed E-state index contributed by atoms with van der Waals surface area (Å²) in [6, 6.07) is 5.63. The third-order valence-corrected chi connectivity index (χ3v) is 3.00. The van der Waals surface area contributed by atoms with Gasteiger partial charge in [0.25, 0.3) is 0 Å². The second-order valence-electron chi connectivity index (χ2n) is 4.16. The van der Waals surface area contributed by atoms with E-state index in [-0.39, 0.29) is 6.54 Å². The van der Waals surface area contributed by atoms with Gasteiger partial charge in [0, 0.05) is 18.1 Å². The van der Waals surface area contributed by atoms with Crippen LogP contribution in [0.1, 0.15) is 11.8 Å². The molecule has 18 heavy (non-hydrogen) atoms. The molecule has 1 unspecified atom stereocenters. The number of hydrogen-bond acceptors (Lipinski definition) is 5. The number of benzene rings is 1. The lowest BCUT2D eigenvalue weighted by Gasteiger charge is -2.20. The fourth-order valence-electron chi connectivity index (χ4n) is 2.11. The van der Waals surface area contributed by atoms with Gasteiger partial charge in [-0.3, -0.25) is 4.98 Å². The zero-order valence-corrected chi connectivity index (χ0v) is 9.80. The second-order valence-corrected chi connectivity index (χ2v) is 4.16. The fourth-order valence-corrected chi connectivity index (χ4v) is 2.11. The van der Waals surface area contributed by atoms with Crippen LogP contribution in [-0.2, 0) is 0 Å². The van der Waals surface area contributed by atoms with Gasteiger partial charge in [-0.05, 0) is 23.6 Å². The van der Waals surface area contributed by atoms with Crippen LogP contribution in [0.3, 0.4) is 0 Å². The molecule has 3 rings (SSSR count). The van der Waals surface area contributed by atoms with E-state index < -0.39 is 6.10 Å². The zero-order valence-electron chi connectivity index (χ0n) is 9.80. The molecule has 1 aliphatic rings. The van der Waals surface area contributed by atoms with Crippen LogP contribution in [0.25, 0.3) is 10.8 Å². The summed E-state index contributed by atoms with van der Waals surface area (Å²) in [6.45, 7) is 1.23. The van der Waals surface area contributed by atoms with Crippen LogP contribution in [0.15, 0.2) is 24.4 Å².